The molecule has 1 atom stereocenters. The van der Waals surface area contributed by atoms with Crippen molar-refractivity contribution >= 4 is 5.91 Å². The third-order valence-corrected chi connectivity index (χ3v) is 4.47. The molecule has 19 heavy (non-hydrogen) atoms. The highest BCUT2D eigenvalue weighted by Crippen LogP contribution is 2.31. The first-order valence-electron chi connectivity index (χ1n) is 7.33. The fraction of sp³-hybridized carbons (Fsp3) is 0.562. The topological polar surface area (TPSA) is 32.3 Å². The molecule has 2 aliphatic rings. The standard InChI is InChI=1S/C16H22N2O/c1-12-5-7-14(8-6-12)16-17-11-15(19)18(16)10-9-13-3-2-4-13/h5-8,13,16-17H,2-4,9-11H2,1H3. The number of hydrogen-bond donors (Lipinski definition) is 1. The second-order valence-corrected chi connectivity index (χ2v) is 5.87. The third-order valence-electron chi connectivity index (χ3n) is 4.47. The summed E-state index contributed by atoms with van der Waals surface area (Å²) in [6, 6.07) is 8.48. The predicted molar refractivity (Wildman–Crippen MR) is 75.6 cm³/mol. The molecule has 2 fully saturated rings. The van der Waals surface area contributed by atoms with E-state index >= 15 is 0 Å². The number of aryl methyl sites for hydroxylation is 1. The predicted octanol–water partition coefficient (Wildman–Crippen LogP) is 2.62. The molecule has 3 nitrogen and oxygen atoms in total. The highest BCUT2D eigenvalue weighted by Gasteiger charge is 2.32. The van der Waals surface area contributed by atoms with E-state index in [9.17, 15) is 4.79 Å². The Hall–Kier alpha value is -1.35. The van der Waals surface area contributed by atoms with Crippen molar-refractivity contribution in [3.05, 3.63) is 35.4 Å². The van der Waals surface area contributed by atoms with Gasteiger partial charge in [0.2, 0.25) is 5.91 Å². The molecule has 1 amide bonds. The Bertz CT molecular complexity index is 450. The number of nitrogens with one attached hydrogen (secondary N) is 1. The summed E-state index contributed by atoms with van der Waals surface area (Å²) in [6.07, 6.45) is 5.32. The van der Waals surface area contributed by atoms with Crippen molar-refractivity contribution in [2.45, 2.75) is 38.8 Å². The van der Waals surface area contributed by atoms with Crippen molar-refractivity contribution in [2.75, 3.05) is 13.1 Å². The van der Waals surface area contributed by atoms with E-state index in [2.05, 4.69) is 36.5 Å². The summed E-state index contributed by atoms with van der Waals surface area (Å²) in [5, 5.41) is 3.33. The lowest BCUT2D eigenvalue weighted by Crippen LogP contribution is -2.33. The molecule has 1 aromatic rings. The Morgan fingerprint density at radius 2 is 2.00 bits per heavy atom. The van der Waals surface area contributed by atoms with E-state index in [-0.39, 0.29) is 12.1 Å². The Morgan fingerprint density at radius 1 is 1.26 bits per heavy atom. The second-order valence-electron chi connectivity index (χ2n) is 5.87. The van der Waals surface area contributed by atoms with Crippen molar-refractivity contribution in [2.24, 2.45) is 5.92 Å². The van der Waals surface area contributed by atoms with Crippen molar-refractivity contribution in [1.29, 1.82) is 0 Å². The minimum absolute atomic E-state index is 0.0770. The van der Waals surface area contributed by atoms with Crippen molar-refractivity contribution in [3.8, 4) is 0 Å². The van der Waals surface area contributed by atoms with E-state index in [0.29, 0.717) is 6.54 Å². The molecule has 0 radical (unpaired) electrons. The van der Waals surface area contributed by atoms with Crippen molar-refractivity contribution < 1.29 is 4.79 Å². The molecular formula is C16H22N2O. The monoisotopic (exact) mass is 258 g/mol. The van der Waals surface area contributed by atoms with Crippen LogP contribution in [0.2, 0.25) is 0 Å². The first kappa shape index (κ1) is 12.7. The zero-order valence-corrected chi connectivity index (χ0v) is 11.6. The summed E-state index contributed by atoms with van der Waals surface area (Å²) in [4.78, 5) is 14.0. The number of nitrogens with zero attached hydrogens (tertiary/aromatic N) is 1. The van der Waals surface area contributed by atoms with Crippen LogP contribution in [0.3, 0.4) is 0 Å². The molecule has 3 rings (SSSR count). The largest absolute Gasteiger partial charge is 0.322 e. The van der Waals surface area contributed by atoms with Gasteiger partial charge in [-0.3, -0.25) is 10.1 Å². The van der Waals surface area contributed by atoms with Crippen LogP contribution in [0.5, 0.6) is 0 Å². The van der Waals surface area contributed by atoms with Crippen LogP contribution >= 0.6 is 0 Å². The first-order chi connectivity index (χ1) is 9.24. The lowest BCUT2D eigenvalue weighted by molar-refractivity contribution is -0.128. The Labute approximate surface area is 115 Å². The molecule has 1 saturated carbocycles. The zero-order chi connectivity index (χ0) is 13.2. The minimum atomic E-state index is 0.0770. The van der Waals surface area contributed by atoms with E-state index in [0.717, 1.165) is 18.9 Å². The Balaban J connectivity index is 1.68. The van der Waals surface area contributed by atoms with Gasteiger partial charge in [0.15, 0.2) is 0 Å². The number of carbonyl (C=O) groups excluding carboxylic acids is 1. The minimum Gasteiger partial charge on any atom is -0.322 e. The molecule has 102 valence electrons. The third kappa shape index (κ3) is 2.66. The quantitative estimate of drug-likeness (QED) is 0.900. The summed E-state index contributed by atoms with van der Waals surface area (Å²) in [6.45, 7) is 3.46. The van der Waals surface area contributed by atoms with E-state index in [1.165, 1.54) is 30.4 Å². The summed E-state index contributed by atoms with van der Waals surface area (Å²) in [5.41, 5.74) is 2.46. The van der Waals surface area contributed by atoms with Gasteiger partial charge in [-0.05, 0) is 24.8 Å². The molecule has 1 saturated heterocycles. The smallest absolute Gasteiger partial charge is 0.238 e. The van der Waals surface area contributed by atoms with E-state index in [1.54, 1.807) is 0 Å². The number of hydrogen-bond acceptors (Lipinski definition) is 2. The van der Waals surface area contributed by atoms with Gasteiger partial charge in [0.25, 0.3) is 0 Å². The van der Waals surface area contributed by atoms with Crippen LogP contribution < -0.4 is 5.32 Å². The van der Waals surface area contributed by atoms with E-state index in [4.69, 9.17) is 0 Å². The van der Waals surface area contributed by atoms with Crippen LogP contribution in [0.1, 0.15) is 43.0 Å². The average molecular weight is 258 g/mol. The normalized spacial score (nSPS) is 23.7. The molecule has 0 aromatic heterocycles. The molecule has 0 bridgehead atoms. The summed E-state index contributed by atoms with van der Waals surface area (Å²) < 4.78 is 0. The van der Waals surface area contributed by atoms with Crippen LogP contribution in [0.4, 0.5) is 0 Å². The molecule has 3 heteroatoms. The van der Waals surface area contributed by atoms with Gasteiger partial charge in [0, 0.05) is 6.54 Å². The van der Waals surface area contributed by atoms with Crippen LogP contribution in [0.15, 0.2) is 24.3 Å². The lowest BCUT2D eigenvalue weighted by Gasteiger charge is -2.30. The van der Waals surface area contributed by atoms with Crippen LogP contribution in [-0.4, -0.2) is 23.9 Å². The van der Waals surface area contributed by atoms with Gasteiger partial charge in [-0.2, -0.15) is 0 Å². The van der Waals surface area contributed by atoms with Gasteiger partial charge in [-0.15, -0.1) is 0 Å². The molecule has 1 aliphatic carbocycles. The van der Waals surface area contributed by atoms with E-state index in [1.807, 2.05) is 4.90 Å². The van der Waals surface area contributed by atoms with Gasteiger partial charge < -0.3 is 4.90 Å². The Kier molecular flexibility index (Phi) is 3.56. The molecule has 1 heterocycles. The molecule has 1 unspecified atom stereocenters. The van der Waals surface area contributed by atoms with Crippen molar-refractivity contribution in [1.82, 2.24) is 10.2 Å². The number of amides is 1. The molecule has 1 aromatic carbocycles. The maximum atomic E-state index is 12.0. The first-order valence-corrected chi connectivity index (χ1v) is 7.33. The summed E-state index contributed by atoms with van der Waals surface area (Å²) >= 11 is 0. The van der Waals surface area contributed by atoms with Crippen LogP contribution in [0.25, 0.3) is 0 Å². The Morgan fingerprint density at radius 3 is 2.63 bits per heavy atom. The number of benzene rings is 1. The molecule has 0 spiro atoms. The fourth-order valence-electron chi connectivity index (χ4n) is 2.94. The maximum Gasteiger partial charge on any atom is 0.238 e. The molecule has 1 aliphatic heterocycles. The number of carbonyl (C=O) groups is 1. The SMILES string of the molecule is Cc1ccc(C2NCC(=O)N2CCC2CCC2)cc1. The zero-order valence-electron chi connectivity index (χ0n) is 11.6. The number of rotatable bonds is 4. The molecular weight excluding hydrogens is 236 g/mol. The molecule has 1 N–H and O–H groups in total. The van der Waals surface area contributed by atoms with Gasteiger partial charge in [0.1, 0.15) is 6.17 Å². The average Bonchev–Trinajstić information content (AvgIpc) is 2.70. The second kappa shape index (κ2) is 5.33. The van der Waals surface area contributed by atoms with Gasteiger partial charge >= 0.3 is 0 Å². The fourth-order valence-corrected chi connectivity index (χ4v) is 2.94. The highest BCUT2D eigenvalue weighted by atomic mass is 16.2. The summed E-state index contributed by atoms with van der Waals surface area (Å²) in [7, 11) is 0. The van der Waals surface area contributed by atoms with Gasteiger partial charge in [-0.25, -0.2) is 0 Å². The lowest BCUT2D eigenvalue weighted by atomic mass is 9.83. The van der Waals surface area contributed by atoms with Gasteiger partial charge in [-0.1, -0.05) is 49.1 Å². The van der Waals surface area contributed by atoms with Crippen molar-refractivity contribution in [3.63, 3.8) is 0 Å². The van der Waals surface area contributed by atoms with Gasteiger partial charge in [0.05, 0.1) is 6.54 Å². The van der Waals surface area contributed by atoms with Crippen LogP contribution in [-0.2, 0) is 4.79 Å². The van der Waals surface area contributed by atoms with E-state index < -0.39 is 0 Å². The summed E-state index contributed by atoms with van der Waals surface area (Å²) in [5.74, 6) is 1.09. The highest BCUT2D eigenvalue weighted by molar-refractivity contribution is 5.80. The maximum absolute atomic E-state index is 12.0. The van der Waals surface area contributed by atoms with Crippen LogP contribution in [0, 0.1) is 12.8 Å².